The number of amides is 1. The highest BCUT2D eigenvalue weighted by molar-refractivity contribution is 5.92. The molecule has 0 radical (unpaired) electrons. The fourth-order valence-corrected chi connectivity index (χ4v) is 2.47. The SMILES string of the molecule is CC(C)Cc1cc(C(=O)N(C)CC(O)c2ccccc2)nc(N)n1. The van der Waals surface area contributed by atoms with E-state index in [1.165, 1.54) is 4.90 Å². The van der Waals surface area contributed by atoms with Gasteiger partial charge in [-0.25, -0.2) is 9.97 Å². The Labute approximate surface area is 142 Å². The van der Waals surface area contributed by atoms with Gasteiger partial charge in [0.05, 0.1) is 12.6 Å². The molecule has 0 spiro atoms. The highest BCUT2D eigenvalue weighted by atomic mass is 16.3. The van der Waals surface area contributed by atoms with E-state index in [0.717, 1.165) is 17.7 Å². The number of carbonyl (C=O) groups excluding carboxylic acids is 1. The lowest BCUT2D eigenvalue weighted by molar-refractivity contribution is 0.0675. The van der Waals surface area contributed by atoms with Gasteiger partial charge in [0.15, 0.2) is 0 Å². The van der Waals surface area contributed by atoms with Crippen LogP contribution in [0.2, 0.25) is 0 Å². The Kier molecular flexibility index (Phi) is 5.87. The average Bonchev–Trinajstić information content (AvgIpc) is 2.53. The number of aromatic nitrogens is 2. The number of rotatable bonds is 6. The number of nitrogens with two attached hydrogens (primary N) is 1. The molecule has 1 atom stereocenters. The summed E-state index contributed by atoms with van der Waals surface area (Å²) in [5.74, 6) is 0.206. The van der Waals surface area contributed by atoms with Gasteiger partial charge in [0.2, 0.25) is 5.95 Å². The van der Waals surface area contributed by atoms with Gasteiger partial charge in [-0.3, -0.25) is 4.79 Å². The molecule has 1 aromatic carbocycles. The first kappa shape index (κ1) is 17.9. The molecule has 2 rings (SSSR count). The minimum atomic E-state index is -0.755. The van der Waals surface area contributed by atoms with Crippen molar-refractivity contribution in [3.8, 4) is 0 Å². The van der Waals surface area contributed by atoms with Crippen molar-refractivity contribution < 1.29 is 9.90 Å². The van der Waals surface area contributed by atoms with Crippen LogP contribution in [-0.2, 0) is 6.42 Å². The molecule has 0 saturated heterocycles. The van der Waals surface area contributed by atoms with E-state index < -0.39 is 6.10 Å². The second-order valence-corrected chi connectivity index (χ2v) is 6.31. The molecule has 6 heteroatoms. The third-order valence-corrected chi connectivity index (χ3v) is 3.61. The van der Waals surface area contributed by atoms with E-state index in [1.807, 2.05) is 30.3 Å². The maximum atomic E-state index is 12.6. The number of anilines is 1. The standard InChI is InChI=1S/C18H24N4O2/c1-12(2)9-14-10-15(21-18(19)20-14)17(24)22(3)11-16(23)13-7-5-4-6-8-13/h4-8,10,12,16,23H,9,11H2,1-3H3,(H2,19,20,21). The molecule has 2 aromatic rings. The Morgan fingerprint density at radius 3 is 2.54 bits per heavy atom. The van der Waals surface area contributed by atoms with Crippen LogP contribution in [0, 0.1) is 5.92 Å². The highest BCUT2D eigenvalue weighted by Gasteiger charge is 2.19. The van der Waals surface area contributed by atoms with Gasteiger partial charge in [-0.2, -0.15) is 0 Å². The van der Waals surface area contributed by atoms with E-state index in [9.17, 15) is 9.90 Å². The van der Waals surface area contributed by atoms with E-state index in [4.69, 9.17) is 5.73 Å². The van der Waals surface area contributed by atoms with Gasteiger partial charge in [0, 0.05) is 12.7 Å². The van der Waals surface area contributed by atoms with Crippen molar-refractivity contribution in [2.75, 3.05) is 19.3 Å². The zero-order chi connectivity index (χ0) is 17.7. The molecule has 1 aromatic heterocycles. The summed E-state index contributed by atoms with van der Waals surface area (Å²) >= 11 is 0. The molecule has 1 heterocycles. The topological polar surface area (TPSA) is 92.3 Å². The van der Waals surface area contributed by atoms with Crippen LogP contribution in [0.15, 0.2) is 36.4 Å². The van der Waals surface area contributed by atoms with Crippen molar-refractivity contribution in [1.82, 2.24) is 14.9 Å². The van der Waals surface area contributed by atoms with Gasteiger partial charge in [-0.15, -0.1) is 0 Å². The van der Waals surface area contributed by atoms with E-state index in [-0.39, 0.29) is 24.1 Å². The summed E-state index contributed by atoms with van der Waals surface area (Å²) in [4.78, 5) is 22.2. The van der Waals surface area contributed by atoms with E-state index in [2.05, 4.69) is 23.8 Å². The number of nitrogens with zero attached hydrogens (tertiary/aromatic N) is 3. The normalized spacial score (nSPS) is 12.2. The zero-order valence-electron chi connectivity index (χ0n) is 14.3. The van der Waals surface area contributed by atoms with Crippen LogP contribution in [0.3, 0.4) is 0 Å². The monoisotopic (exact) mass is 328 g/mol. The lowest BCUT2D eigenvalue weighted by Gasteiger charge is -2.21. The highest BCUT2D eigenvalue weighted by Crippen LogP contribution is 2.15. The van der Waals surface area contributed by atoms with E-state index in [1.54, 1.807) is 13.1 Å². The van der Waals surface area contributed by atoms with Crippen molar-refractivity contribution >= 4 is 11.9 Å². The first-order valence-corrected chi connectivity index (χ1v) is 7.98. The fourth-order valence-electron chi connectivity index (χ4n) is 2.47. The van der Waals surface area contributed by atoms with Gasteiger partial charge in [-0.05, 0) is 24.0 Å². The van der Waals surface area contributed by atoms with Crippen LogP contribution in [-0.4, -0.2) is 39.5 Å². The zero-order valence-corrected chi connectivity index (χ0v) is 14.3. The molecule has 6 nitrogen and oxygen atoms in total. The second-order valence-electron chi connectivity index (χ2n) is 6.31. The summed E-state index contributed by atoms with van der Waals surface area (Å²) in [5.41, 5.74) is 7.49. The number of aliphatic hydroxyl groups excluding tert-OH is 1. The van der Waals surface area contributed by atoms with Crippen LogP contribution in [0.1, 0.15) is 41.7 Å². The van der Waals surface area contributed by atoms with Gasteiger partial charge in [0.25, 0.3) is 5.91 Å². The Bertz CT molecular complexity index is 689. The third-order valence-electron chi connectivity index (χ3n) is 3.61. The van der Waals surface area contributed by atoms with E-state index in [0.29, 0.717) is 5.92 Å². The molecule has 3 N–H and O–H groups in total. The fraction of sp³-hybridized carbons (Fsp3) is 0.389. The summed E-state index contributed by atoms with van der Waals surface area (Å²) in [5, 5.41) is 10.3. The number of aliphatic hydroxyl groups is 1. The second kappa shape index (κ2) is 7.88. The maximum absolute atomic E-state index is 12.6. The van der Waals surface area contributed by atoms with Crippen LogP contribution in [0.4, 0.5) is 5.95 Å². The van der Waals surface area contributed by atoms with Crippen molar-refractivity contribution in [1.29, 1.82) is 0 Å². The molecule has 0 bridgehead atoms. The van der Waals surface area contributed by atoms with Crippen LogP contribution < -0.4 is 5.73 Å². The number of hydrogen-bond acceptors (Lipinski definition) is 5. The quantitative estimate of drug-likeness (QED) is 0.847. The summed E-state index contributed by atoms with van der Waals surface area (Å²) < 4.78 is 0. The molecular weight excluding hydrogens is 304 g/mol. The van der Waals surface area contributed by atoms with Crippen LogP contribution >= 0.6 is 0 Å². The Balaban J connectivity index is 2.11. The largest absolute Gasteiger partial charge is 0.387 e. The number of nitrogen functional groups attached to an aromatic ring is 1. The van der Waals surface area contributed by atoms with Crippen LogP contribution in [0.25, 0.3) is 0 Å². The molecule has 24 heavy (non-hydrogen) atoms. The maximum Gasteiger partial charge on any atom is 0.272 e. The molecule has 0 aliphatic rings. The summed E-state index contributed by atoms with van der Waals surface area (Å²) in [6.45, 7) is 4.32. The first-order valence-electron chi connectivity index (χ1n) is 7.98. The number of hydrogen-bond donors (Lipinski definition) is 2. The van der Waals surface area contributed by atoms with Gasteiger partial charge < -0.3 is 15.7 Å². The first-order chi connectivity index (χ1) is 11.4. The number of benzene rings is 1. The predicted molar refractivity (Wildman–Crippen MR) is 93.3 cm³/mol. The molecule has 0 aliphatic carbocycles. The number of carbonyl (C=O) groups is 1. The Morgan fingerprint density at radius 2 is 1.92 bits per heavy atom. The lowest BCUT2D eigenvalue weighted by atomic mass is 10.1. The number of likely N-dealkylation sites (N-methyl/N-ethyl adjacent to an activating group) is 1. The van der Waals surface area contributed by atoms with Crippen molar-refractivity contribution in [2.45, 2.75) is 26.4 Å². The molecular formula is C18H24N4O2. The summed E-state index contributed by atoms with van der Waals surface area (Å²) in [6.07, 6.45) is -0.0296. The van der Waals surface area contributed by atoms with Gasteiger partial charge in [-0.1, -0.05) is 44.2 Å². The predicted octanol–water partition coefficient (Wildman–Crippen LogP) is 2.06. The average molecular weight is 328 g/mol. The minimum Gasteiger partial charge on any atom is -0.387 e. The Morgan fingerprint density at radius 1 is 1.25 bits per heavy atom. The van der Waals surface area contributed by atoms with Crippen molar-refractivity contribution in [3.63, 3.8) is 0 Å². The molecule has 128 valence electrons. The minimum absolute atomic E-state index is 0.0912. The van der Waals surface area contributed by atoms with Crippen molar-refractivity contribution in [3.05, 3.63) is 53.3 Å². The summed E-state index contributed by atoms with van der Waals surface area (Å²) in [6, 6.07) is 10.9. The van der Waals surface area contributed by atoms with Crippen LogP contribution in [0.5, 0.6) is 0 Å². The van der Waals surface area contributed by atoms with Gasteiger partial charge in [0.1, 0.15) is 5.69 Å². The van der Waals surface area contributed by atoms with Gasteiger partial charge >= 0.3 is 0 Å². The Hall–Kier alpha value is -2.47. The smallest absolute Gasteiger partial charge is 0.272 e. The molecule has 0 fully saturated rings. The van der Waals surface area contributed by atoms with Crippen molar-refractivity contribution in [2.24, 2.45) is 5.92 Å². The van der Waals surface area contributed by atoms with E-state index >= 15 is 0 Å². The third kappa shape index (κ3) is 4.76. The summed E-state index contributed by atoms with van der Waals surface area (Å²) in [7, 11) is 1.63. The molecule has 0 saturated carbocycles. The molecule has 1 amide bonds. The molecule has 1 unspecified atom stereocenters. The molecule has 0 aliphatic heterocycles. The lowest BCUT2D eigenvalue weighted by Crippen LogP contribution is -2.32.